The second-order valence-corrected chi connectivity index (χ2v) is 8.66. The topological polar surface area (TPSA) is 108 Å². The van der Waals surface area contributed by atoms with Gasteiger partial charge in [-0.2, -0.15) is 0 Å². The van der Waals surface area contributed by atoms with Gasteiger partial charge in [-0.3, -0.25) is 0 Å². The van der Waals surface area contributed by atoms with Crippen LogP contribution in [0.2, 0.25) is 0 Å². The number of aliphatic carboxylic acids is 1. The molecule has 0 spiro atoms. The van der Waals surface area contributed by atoms with Gasteiger partial charge in [-0.05, 0) is 84.5 Å². The van der Waals surface area contributed by atoms with Crippen LogP contribution in [0.1, 0.15) is 41.7 Å². The third kappa shape index (κ3) is 9.14. The molecule has 0 aliphatic rings. The summed E-state index contributed by atoms with van der Waals surface area (Å²) in [5.74, 6) is 0.170. The van der Waals surface area contributed by atoms with E-state index in [0.29, 0.717) is 24.7 Å². The first-order valence-electron chi connectivity index (χ1n) is 12.0. The van der Waals surface area contributed by atoms with Crippen molar-refractivity contribution in [3.8, 4) is 22.6 Å². The van der Waals surface area contributed by atoms with E-state index in [0.717, 1.165) is 33.4 Å². The first-order valence-corrected chi connectivity index (χ1v) is 12.0. The number of hydrogen-bond donors (Lipinski definition) is 2. The van der Waals surface area contributed by atoms with Crippen LogP contribution < -0.4 is 44.1 Å². The molecular weight excluding hydrogens is 483 g/mol. The summed E-state index contributed by atoms with van der Waals surface area (Å²) in [6.45, 7) is 6.32. The van der Waals surface area contributed by atoms with Gasteiger partial charge in [-0.25, -0.2) is 0 Å². The Bertz CT molecular complexity index is 1120. The van der Waals surface area contributed by atoms with Crippen LogP contribution in [0.15, 0.2) is 60.7 Å². The molecule has 192 valence electrons. The quantitative estimate of drug-likeness (QED) is 0.319. The first-order chi connectivity index (χ1) is 17.3. The maximum atomic E-state index is 11.0. The molecule has 0 aromatic heterocycles. The zero-order valence-corrected chi connectivity index (χ0v) is 23.9. The molecule has 2 atom stereocenters. The Hall–Kier alpha value is -2.39. The van der Waals surface area contributed by atoms with Crippen molar-refractivity contribution in [2.75, 3.05) is 19.8 Å². The molecule has 0 aliphatic heterocycles. The van der Waals surface area contributed by atoms with Crippen molar-refractivity contribution in [2.45, 2.75) is 46.0 Å². The SMILES string of the molecule is CCO[C@@H](CC(=O)[O-])c1ccc(OCc2cccc(-c3c(C)cc(OC[C@@H](O)CO)cc3C)c2)cc1.[Na+]. The van der Waals surface area contributed by atoms with Crippen molar-refractivity contribution in [1.82, 2.24) is 0 Å². The van der Waals surface area contributed by atoms with Crippen LogP contribution in [0.25, 0.3) is 11.1 Å². The van der Waals surface area contributed by atoms with Crippen LogP contribution in [0, 0.1) is 13.8 Å². The predicted octanol–water partition coefficient (Wildman–Crippen LogP) is 0.503. The van der Waals surface area contributed by atoms with E-state index in [4.69, 9.17) is 19.3 Å². The van der Waals surface area contributed by atoms with Gasteiger partial charge in [-0.15, -0.1) is 0 Å². The Balaban J connectivity index is 0.00000481. The molecule has 3 aromatic rings. The monoisotopic (exact) mass is 516 g/mol. The number of aliphatic hydroxyl groups is 2. The van der Waals surface area contributed by atoms with Gasteiger partial charge in [-0.1, -0.05) is 30.3 Å². The van der Waals surface area contributed by atoms with Crippen LogP contribution in [0.4, 0.5) is 0 Å². The molecule has 0 saturated heterocycles. The zero-order chi connectivity index (χ0) is 26.1. The molecule has 2 N–H and O–H groups in total. The molecule has 0 heterocycles. The van der Waals surface area contributed by atoms with E-state index in [1.807, 2.05) is 57.2 Å². The van der Waals surface area contributed by atoms with Gasteiger partial charge in [0.1, 0.15) is 30.8 Å². The third-order valence-electron chi connectivity index (χ3n) is 5.75. The van der Waals surface area contributed by atoms with E-state index in [-0.39, 0.29) is 49.2 Å². The van der Waals surface area contributed by atoms with Crippen molar-refractivity contribution < 1.29 is 63.9 Å². The second kappa shape index (κ2) is 15.1. The van der Waals surface area contributed by atoms with Crippen molar-refractivity contribution in [3.05, 3.63) is 82.9 Å². The maximum absolute atomic E-state index is 11.0. The van der Waals surface area contributed by atoms with Gasteiger partial charge in [0.25, 0.3) is 0 Å². The van der Waals surface area contributed by atoms with E-state index in [9.17, 15) is 15.0 Å². The minimum Gasteiger partial charge on any atom is -0.550 e. The number of ether oxygens (including phenoxy) is 3. The molecule has 0 unspecified atom stereocenters. The molecule has 37 heavy (non-hydrogen) atoms. The summed E-state index contributed by atoms with van der Waals surface area (Å²) in [6, 6.07) is 19.2. The molecule has 0 amide bonds. The molecule has 3 aromatic carbocycles. The number of rotatable bonds is 13. The Morgan fingerprint density at radius 2 is 1.65 bits per heavy atom. The van der Waals surface area contributed by atoms with Gasteiger partial charge in [0, 0.05) is 19.0 Å². The average molecular weight is 517 g/mol. The largest absolute Gasteiger partial charge is 1.00 e. The van der Waals surface area contributed by atoms with Gasteiger partial charge in [0.2, 0.25) is 0 Å². The normalized spacial score (nSPS) is 12.4. The summed E-state index contributed by atoms with van der Waals surface area (Å²) in [4.78, 5) is 11.0. The number of carboxylic acids is 1. The van der Waals surface area contributed by atoms with Gasteiger partial charge >= 0.3 is 29.6 Å². The van der Waals surface area contributed by atoms with E-state index >= 15 is 0 Å². The Morgan fingerprint density at radius 3 is 2.24 bits per heavy atom. The summed E-state index contributed by atoms with van der Waals surface area (Å²) in [5, 5.41) is 29.5. The fourth-order valence-electron chi connectivity index (χ4n) is 4.10. The zero-order valence-electron chi connectivity index (χ0n) is 21.9. The summed E-state index contributed by atoms with van der Waals surface area (Å²) >= 11 is 0. The van der Waals surface area contributed by atoms with E-state index < -0.39 is 18.2 Å². The van der Waals surface area contributed by atoms with E-state index in [1.54, 1.807) is 12.1 Å². The van der Waals surface area contributed by atoms with Crippen LogP contribution in [-0.2, 0) is 16.1 Å². The van der Waals surface area contributed by atoms with Crippen molar-refractivity contribution >= 4 is 5.97 Å². The fraction of sp³-hybridized carbons (Fsp3) is 0.345. The Morgan fingerprint density at radius 1 is 0.973 bits per heavy atom. The number of hydrogen-bond acceptors (Lipinski definition) is 7. The average Bonchev–Trinajstić information content (AvgIpc) is 2.86. The summed E-state index contributed by atoms with van der Waals surface area (Å²) < 4.78 is 17.1. The number of carbonyl (C=O) groups is 1. The fourth-order valence-corrected chi connectivity index (χ4v) is 4.10. The van der Waals surface area contributed by atoms with Crippen molar-refractivity contribution in [1.29, 1.82) is 0 Å². The maximum Gasteiger partial charge on any atom is 1.00 e. The number of carbonyl (C=O) groups excluding carboxylic acids is 1. The minimum atomic E-state index is -1.15. The van der Waals surface area contributed by atoms with Gasteiger partial charge in [0.15, 0.2) is 0 Å². The van der Waals surface area contributed by atoms with E-state index in [1.165, 1.54) is 0 Å². The molecule has 0 radical (unpaired) electrons. The standard InChI is InChI=1S/C29H34O7.Na/c1-4-34-27(15-28(32)33)22-8-10-25(11-9-22)35-17-21-6-5-7-23(14-21)29-19(2)12-26(13-20(29)3)36-18-24(31)16-30;/h5-14,24,27,30-31H,4,15-18H2,1-3H3,(H,32,33);/q;+1/p-1/t24-,27-;/m0./s1. The molecule has 0 bridgehead atoms. The summed E-state index contributed by atoms with van der Waals surface area (Å²) in [6.07, 6.45) is -1.66. The number of aryl methyl sites for hydroxylation is 2. The number of benzene rings is 3. The van der Waals surface area contributed by atoms with Crippen LogP contribution in [-0.4, -0.2) is 42.1 Å². The van der Waals surface area contributed by atoms with Crippen molar-refractivity contribution in [2.24, 2.45) is 0 Å². The molecular formula is C29H33NaO7. The molecule has 0 saturated carbocycles. The predicted molar refractivity (Wildman–Crippen MR) is 135 cm³/mol. The van der Waals surface area contributed by atoms with E-state index in [2.05, 4.69) is 12.1 Å². The molecule has 0 aliphatic carbocycles. The Kier molecular flexibility index (Phi) is 12.6. The van der Waals surface area contributed by atoms with Gasteiger partial charge < -0.3 is 34.3 Å². The summed E-state index contributed by atoms with van der Waals surface area (Å²) in [5.41, 5.74) is 6.01. The molecule has 7 nitrogen and oxygen atoms in total. The van der Waals surface area contributed by atoms with Crippen LogP contribution in [0.5, 0.6) is 11.5 Å². The van der Waals surface area contributed by atoms with Crippen LogP contribution in [0.3, 0.4) is 0 Å². The number of aliphatic hydroxyl groups excluding tert-OH is 2. The van der Waals surface area contributed by atoms with Gasteiger partial charge in [0.05, 0.1) is 12.7 Å². The summed E-state index contributed by atoms with van der Waals surface area (Å²) in [7, 11) is 0. The minimum absolute atomic E-state index is 0. The second-order valence-electron chi connectivity index (χ2n) is 8.66. The smallest absolute Gasteiger partial charge is 0.550 e. The first kappa shape index (κ1) is 30.8. The van der Waals surface area contributed by atoms with Crippen LogP contribution >= 0.6 is 0 Å². The Labute approximate surface area is 240 Å². The molecule has 3 rings (SSSR count). The molecule has 8 heteroatoms. The third-order valence-corrected chi connectivity index (χ3v) is 5.75. The number of carboxylic acid groups (broad SMARTS) is 1. The van der Waals surface area contributed by atoms with Crippen molar-refractivity contribution in [3.63, 3.8) is 0 Å². The molecule has 0 fully saturated rings.